The van der Waals surface area contributed by atoms with Gasteiger partial charge < -0.3 is 25.2 Å². The maximum atomic E-state index is 14.5. The highest BCUT2D eigenvalue weighted by Crippen LogP contribution is 2.59. The molecule has 7 nitrogen and oxygen atoms in total. The van der Waals surface area contributed by atoms with E-state index in [4.69, 9.17) is 4.74 Å². The van der Waals surface area contributed by atoms with Crippen molar-refractivity contribution < 1.29 is 24.5 Å². The molecule has 0 aliphatic heterocycles. The predicted molar refractivity (Wildman–Crippen MR) is 190 cm³/mol. The molecule has 0 spiro atoms. The van der Waals surface area contributed by atoms with Gasteiger partial charge in [0.1, 0.15) is 0 Å². The summed E-state index contributed by atoms with van der Waals surface area (Å²) in [5.41, 5.74) is 1.97. The Morgan fingerprint density at radius 2 is 1.91 bits per heavy atom. The number of thiophene rings is 1. The summed E-state index contributed by atoms with van der Waals surface area (Å²) in [6.45, 7) is 9.36. The van der Waals surface area contributed by atoms with Gasteiger partial charge in [-0.05, 0) is 113 Å². The van der Waals surface area contributed by atoms with E-state index in [9.17, 15) is 19.8 Å². The van der Waals surface area contributed by atoms with E-state index in [0.717, 1.165) is 34.1 Å². The summed E-state index contributed by atoms with van der Waals surface area (Å²) in [5.74, 6) is -0.124. The Morgan fingerprint density at radius 3 is 2.66 bits per heavy atom. The summed E-state index contributed by atoms with van der Waals surface area (Å²) in [5, 5.41) is 27.8. The van der Waals surface area contributed by atoms with Crippen LogP contribution in [0.15, 0.2) is 60.2 Å². The largest absolute Gasteiger partial charge is 0.393 e. The van der Waals surface area contributed by atoms with Crippen LogP contribution in [0.5, 0.6) is 0 Å². The van der Waals surface area contributed by atoms with Gasteiger partial charge in [-0.15, -0.1) is 11.3 Å². The zero-order chi connectivity index (χ0) is 33.8. The van der Waals surface area contributed by atoms with Gasteiger partial charge in [0.25, 0.3) is 0 Å². The number of carbonyl (C=O) groups excluding carboxylic acids is 2. The first kappa shape index (κ1) is 35.3. The summed E-state index contributed by atoms with van der Waals surface area (Å²) in [6, 6.07) is 15.9. The maximum Gasteiger partial charge on any atom is 0.317 e. The van der Waals surface area contributed by atoms with E-state index < -0.39 is 17.1 Å². The highest BCUT2D eigenvalue weighted by molar-refractivity contribution is 7.21. The minimum atomic E-state index is -1.18. The SMILES string of the molecule is COCCCN(CC1(O)CCC2c3ccc(cc3C(=O)c3cc4ccccc4s3)CC(O)CCC(C)=CCCC21C)C(=O)NC(C)C. The number of methoxy groups -OCH3 is 1. The quantitative estimate of drug-likeness (QED) is 0.125. The number of urea groups is 1. The Balaban J connectivity index is 1.59. The number of rotatable bonds is 9. The van der Waals surface area contributed by atoms with Crippen LogP contribution >= 0.6 is 11.3 Å². The molecule has 3 aliphatic rings. The van der Waals surface area contributed by atoms with Crippen LogP contribution in [0, 0.1) is 5.41 Å². The van der Waals surface area contributed by atoms with Gasteiger partial charge in [0.2, 0.25) is 5.78 Å². The molecule has 1 heterocycles. The zero-order valence-electron chi connectivity index (χ0n) is 28.7. The molecule has 1 saturated carbocycles. The van der Waals surface area contributed by atoms with Gasteiger partial charge in [-0.2, -0.15) is 0 Å². The fourth-order valence-corrected chi connectivity index (χ4v) is 8.75. The number of benzene rings is 2. The molecule has 4 atom stereocenters. The normalized spacial score (nSPS) is 25.0. The van der Waals surface area contributed by atoms with Crippen LogP contribution in [0.25, 0.3) is 10.1 Å². The Hall–Kier alpha value is -3.04. The summed E-state index contributed by atoms with van der Waals surface area (Å²) in [7, 11) is 1.66. The summed E-state index contributed by atoms with van der Waals surface area (Å²) < 4.78 is 6.37. The number of ketones is 1. The highest BCUT2D eigenvalue weighted by atomic mass is 32.1. The van der Waals surface area contributed by atoms with E-state index in [1.807, 2.05) is 50.2 Å². The number of aliphatic hydroxyl groups excluding tert-OH is 1. The highest BCUT2D eigenvalue weighted by Gasteiger charge is 2.57. The van der Waals surface area contributed by atoms with E-state index in [0.29, 0.717) is 62.1 Å². The number of amides is 2. The van der Waals surface area contributed by atoms with Crippen molar-refractivity contribution in [2.45, 2.75) is 103 Å². The smallest absolute Gasteiger partial charge is 0.317 e. The Kier molecular flexibility index (Phi) is 11.3. The number of nitrogens with zero attached hydrogens (tertiary/aromatic N) is 1. The fourth-order valence-electron chi connectivity index (χ4n) is 7.73. The van der Waals surface area contributed by atoms with E-state index in [2.05, 4.69) is 37.4 Å². The van der Waals surface area contributed by atoms with Crippen LogP contribution in [0.2, 0.25) is 0 Å². The van der Waals surface area contributed by atoms with Gasteiger partial charge >= 0.3 is 6.03 Å². The van der Waals surface area contributed by atoms with Gasteiger partial charge in [0.05, 0.1) is 23.1 Å². The molecule has 0 radical (unpaired) electrons. The standard InChI is InChI=1S/C39H52N2O5S/c1-26(2)40-37(44)41(20-9-21-46-5)25-39(45)19-17-33-31-16-14-28(22-30(42)15-13-27(3)10-8-18-38(33,39)4)23-32(31)36(43)35-24-29-11-6-7-12-34(29)47-35/h6-7,10-12,14,16,23-24,26,30,33,42,45H,8-9,13,15,17-22,25H2,1-5H3,(H,40,44). The van der Waals surface area contributed by atoms with Crippen molar-refractivity contribution in [1.82, 2.24) is 10.2 Å². The molecular formula is C39H52N2O5S. The second kappa shape index (κ2) is 15.0. The van der Waals surface area contributed by atoms with Gasteiger partial charge in [0, 0.05) is 42.0 Å². The minimum absolute atomic E-state index is 0.0179. The number of carbonyl (C=O) groups is 2. The van der Waals surface area contributed by atoms with Crippen molar-refractivity contribution >= 4 is 33.2 Å². The van der Waals surface area contributed by atoms with Gasteiger partial charge in [-0.1, -0.05) is 48.9 Å². The first-order valence-corrected chi connectivity index (χ1v) is 18.0. The van der Waals surface area contributed by atoms with Crippen molar-refractivity contribution in [1.29, 1.82) is 0 Å². The molecule has 1 fully saturated rings. The Labute approximate surface area is 284 Å². The number of fused-ring (bicyclic) bond motifs is 9. The Bertz CT molecular complexity index is 1560. The monoisotopic (exact) mass is 660 g/mol. The van der Waals surface area contributed by atoms with Crippen LogP contribution < -0.4 is 5.32 Å². The number of hydrogen-bond acceptors (Lipinski definition) is 6. The van der Waals surface area contributed by atoms with Crippen LogP contribution in [0.3, 0.4) is 0 Å². The van der Waals surface area contributed by atoms with E-state index in [1.54, 1.807) is 12.0 Å². The molecule has 8 heteroatoms. The number of nitrogens with one attached hydrogen (secondary N) is 1. The number of allylic oxidation sites excluding steroid dienone is 2. The van der Waals surface area contributed by atoms with Crippen molar-refractivity contribution in [3.8, 4) is 0 Å². The lowest BCUT2D eigenvalue weighted by Gasteiger charge is -2.46. The average Bonchev–Trinajstić information content (AvgIpc) is 3.57. The molecular weight excluding hydrogens is 609 g/mol. The number of hydrogen-bond donors (Lipinski definition) is 3. The molecule has 254 valence electrons. The first-order chi connectivity index (χ1) is 22.4. The topological polar surface area (TPSA) is 99.1 Å². The zero-order valence-corrected chi connectivity index (χ0v) is 29.5. The molecule has 3 N–H and O–H groups in total. The molecule has 1 aromatic heterocycles. The molecule has 0 saturated heterocycles. The predicted octanol–water partition coefficient (Wildman–Crippen LogP) is 7.63. The number of aliphatic hydroxyl groups is 2. The average molecular weight is 661 g/mol. The van der Waals surface area contributed by atoms with Gasteiger partial charge in [-0.25, -0.2) is 4.79 Å². The number of ether oxygens (including phenoxy) is 1. The van der Waals surface area contributed by atoms with Crippen LogP contribution in [-0.2, 0) is 11.2 Å². The van der Waals surface area contributed by atoms with E-state index in [1.165, 1.54) is 16.9 Å². The van der Waals surface area contributed by atoms with Crippen LogP contribution in [0.1, 0.15) is 105 Å². The lowest BCUT2D eigenvalue weighted by atomic mass is 9.64. The van der Waals surface area contributed by atoms with Gasteiger partial charge in [0.15, 0.2) is 0 Å². The molecule has 47 heavy (non-hydrogen) atoms. The van der Waals surface area contributed by atoms with E-state index >= 15 is 0 Å². The van der Waals surface area contributed by atoms with Crippen molar-refractivity contribution in [3.63, 3.8) is 0 Å². The third-order valence-electron chi connectivity index (χ3n) is 10.5. The summed E-state index contributed by atoms with van der Waals surface area (Å²) >= 11 is 1.51. The van der Waals surface area contributed by atoms with Crippen molar-refractivity contribution in [3.05, 3.63) is 81.7 Å². The molecule has 3 aliphatic carbocycles. The molecule has 2 aromatic carbocycles. The third kappa shape index (κ3) is 7.83. The third-order valence-corrected chi connectivity index (χ3v) is 11.6. The second-order valence-corrected chi connectivity index (χ2v) is 15.4. The fraction of sp³-hybridized carbons (Fsp3) is 0.538. The van der Waals surface area contributed by atoms with Crippen molar-refractivity contribution in [2.75, 3.05) is 26.8 Å². The minimum Gasteiger partial charge on any atom is -0.393 e. The summed E-state index contributed by atoms with van der Waals surface area (Å²) in [6.07, 6.45) is 7.00. The van der Waals surface area contributed by atoms with E-state index in [-0.39, 0.29) is 30.3 Å². The summed E-state index contributed by atoms with van der Waals surface area (Å²) in [4.78, 5) is 30.4. The molecule has 2 bridgehead atoms. The maximum absolute atomic E-state index is 14.5. The van der Waals surface area contributed by atoms with Crippen LogP contribution in [0.4, 0.5) is 4.79 Å². The molecule has 4 unspecified atom stereocenters. The molecule has 2 amide bonds. The molecule has 6 rings (SSSR count). The second-order valence-electron chi connectivity index (χ2n) is 14.3. The van der Waals surface area contributed by atoms with Crippen LogP contribution in [-0.4, -0.2) is 71.5 Å². The lowest BCUT2D eigenvalue weighted by Crippen LogP contribution is -2.56. The lowest BCUT2D eigenvalue weighted by molar-refractivity contribution is -0.0775. The van der Waals surface area contributed by atoms with Gasteiger partial charge in [-0.3, -0.25) is 4.79 Å². The first-order valence-electron chi connectivity index (χ1n) is 17.2. The van der Waals surface area contributed by atoms with Crippen molar-refractivity contribution in [2.24, 2.45) is 5.41 Å². The molecule has 3 aromatic rings. The Morgan fingerprint density at radius 1 is 1.13 bits per heavy atom.